The number of hydrogen-bond donors (Lipinski definition) is 0. The molecular weight excluding hydrogens is 170 g/mol. The fraction of sp³-hybridized carbons (Fsp3) is 0.385. The van der Waals surface area contributed by atoms with E-state index in [4.69, 9.17) is 0 Å². The molecule has 1 heteroatoms. The van der Waals surface area contributed by atoms with Crippen LogP contribution in [0.2, 0.25) is 0 Å². The molecule has 0 fully saturated rings. The first kappa shape index (κ1) is 9.32. The maximum Gasteiger partial charge on any atom is 0.0480 e. The minimum Gasteiger partial charge on any atom is -0.351 e. The third kappa shape index (κ3) is 1.33. The molecule has 2 aromatic rings. The summed E-state index contributed by atoms with van der Waals surface area (Å²) in [4.78, 5) is 0. The van der Waals surface area contributed by atoms with Gasteiger partial charge in [0, 0.05) is 18.8 Å². The smallest absolute Gasteiger partial charge is 0.0480 e. The molecule has 0 amide bonds. The van der Waals surface area contributed by atoms with Gasteiger partial charge in [0.25, 0.3) is 0 Å². The van der Waals surface area contributed by atoms with Crippen molar-refractivity contribution in [3.8, 4) is 0 Å². The zero-order valence-electron chi connectivity index (χ0n) is 9.17. The van der Waals surface area contributed by atoms with Gasteiger partial charge in [-0.15, -0.1) is 0 Å². The Hall–Kier alpha value is -1.24. The Balaban J connectivity index is 2.71. The van der Waals surface area contributed by atoms with E-state index in [0.29, 0.717) is 0 Å². The summed E-state index contributed by atoms with van der Waals surface area (Å²) in [6.45, 7) is 4.45. The van der Waals surface area contributed by atoms with Crippen molar-refractivity contribution in [2.75, 3.05) is 0 Å². The van der Waals surface area contributed by atoms with E-state index in [1.807, 2.05) is 0 Å². The van der Waals surface area contributed by atoms with Crippen molar-refractivity contribution in [2.45, 2.75) is 26.7 Å². The molecule has 14 heavy (non-hydrogen) atoms. The Kier molecular flexibility index (Phi) is 2.32. The van der Waals surface area contributed by atoms with Gasteiger partial charge < -0.3 is 4.57 Å². The Morgan fingerprint density at radius 3 is 2.36 bits per heavy atom. The van der Waals surface area contributed by atoms with Crippen molar-refractivity contribution >= 4 is 10.9 Å². The molecule has 1 aromatic heterocycles. The van der Waals surface area contributed by atoms with Gasteiger partial charge in [-0.25, -0.2) is 0 Å². The third-order valence-corrected chi connectivity index (χ3v) is 2.97. The molecule has 0 unspecified atom stereocenters. The average molecular weight is 187 g/mol. The van der Waals surface area contributed by atoms with E-state index in [2.05, 4.69) is 49.9 Å². The van der Waals surface area contributed by atoms with Gasteiger partial charge in [0.15, 0.2) is 0 Å². The van der Waals surface area contributed by atoms with Crippen LogP contribution in [-0.2, 0) is 19.9 Å². The number of hydrogen-bond acceptors (Lipinski definition) is 0. The first-order chi connectivity index (χ1) is 6.76. The van der Waals surface area contributed by atoms with Gasteiger partial charge in [-0.05, 0) is 47.6 Å². The van der Waals surface area contributed by atoms with E-state index in [1.165, 1.54) is 22.0 Å². The van der Waals surface area contributed by atoms with Crippen molar-refractivity contribution in [3.63, 3.8) is 0 Å². The predicted molar refractivity (Wildman–Crippen MR) is 61.7 cm³/mol. The van der Waals surface area contributed by atoms with Gasteiger partial charge in [0.2, 0.25) is 0 Å². The number of benzene rings is 1. The highest BCUT2D eigenvalue weighted by atomic mass is 14.9. The molecule has 2 rings (SSSR count). The molecule has 0 aliphatic carbocycles. The highest BCUT2D eigenvalue weighted by Crippen LogP contribution is 2.21. The van der Waals surface area contributed by atoms with Crippen LogP contribution in [0.15, 0.2) is 24.4 Å². The molecule has 0 saturated heterocycles. The standard InChI is InChI=1S/C13H17N/c1-4-10-8-12-6-7-14(3)13(12)9-11(10)5-2/h6-9H,4-5H2,1-3H3. The monoisotopic (exact) mass is 187 g/mol. The van der Waals surface area contributed by atoms with Crippen molar-refractivity contribution in [1.82, 2.24) is 4.57 Å². The summed E-state index contributed by atoms with van der Waals surface area (Å²) in [5.41, 5.74) is 4.33. The SMILES string of the molecule is CCc1cc2ccn(C)c2cc1CC. The van der Waals surface area contributed by atoms with E-state index < -0.39 is 0 Å². The van der Waals surface area contributed by atoms with E-state index in [1.54, 1.807) is 0 Å². The quantitative estimate of drug-likeness (QED) is 0.679. The first-order valence-corrected chi connectivity index (χ1v) is 5.33. The summed E-state index contributed by atoms with van der Waals surface area (Å²) in [6.07, 6.45) is 4.39. The second-order valence-corrected chi connectivity index (χ2v) is 3.81. The maximum atomic E-state index is 2.33. The van der Waals surface area contributed by atoms with E-state index >= 15 is 0 Å². The van der Waals surface area contributed by atoms with Crippen LogP contribution >= 0.6 is 0 Å². The summed E-state index contributed by atoms with van der Waals surface area (Å²) in [5.74, 6) is 0. The molecule has 0 spiro atoms. The summed E-state index contributed by atoms with van der Waals surface area (Å²) in [5, 5.41) is 1.36. The third-order valence-electron chi connectivity index (χ3n) is 2.97. The lowest BCUT2D eigenvalue weighted by Gasteiger charge is -2.07. The summed E-state index contributed by atoms with van der Waals surface area (Å²) >= 11 is 0. The van der Waals surface area contributed by atoms with Crippen LogP contribution in [0.1, 0.15) is 25.0 Å². The zero-order valence-corrected chi connectivity index (χ0v) is 9.17. The normalized spacial score (nSPS) is 11.1. The highest BCUT2D eigenvalue weighted by molar-refractivity contribution is 5.81. The molecule has 0 bridgehead atoms. The maximum absolute atomic E-state index is 2.33. The van der Waals surface area contributed by atoms with Gasteiger partial charge in [-0.1, -0.05) is 13.8 Å². The zero-order chi connectivity index (χ0) is 10.1. The minimum absolute atomic E-state index is 1.13. The van der Waals surface area contributed by atoms with Crippen molar-refractivity contribution in [2.24, 2.45) is 7.05 Å². The molecule has 1 aromatic carbocycles. The molecule has 0 aliphatic rings. The van der Waals surface area contributed by atoms with Crippen molar-refractivity contribution in [3.05, 3.63) is 35.5 Å². The van der Waals surface area contributed by atoms with E-state index in [9.17, 15) is 0 Å². The Morgan fingerprint density at radius 1 is 1.07 bits per heavy atom. The molecular formula is C13H17N. The van der Waals surface area contributed by atoms with Crippen LogP contribution in [0.25, 0.3) is 10.9 Å². The Labute approximate surface area is 85.4 Å². The summed E-state index contributed by atoms with van der Waals surface area (Å²) in [7, 11) is 2.10. The molecule has 74 valence electrons. The lowest BCUT2D eigenvalue weighted by molar-refractivity contribution is 0.963. The topological polar surface area (TPSA) is 4.93 Å². The van der Waals surface area contributed by atoms with Gasteiger partial charge in [0.1, 0.15) is 0 Å². The molecule has 0 radical (unpaired) electrons. The second kappa shape index (κ2) is 3.49. The number of fused-ring (bicyclic) bond motifs is 1. The fourth-order valence-corrected chi connectivity index (χ4v) is 2.07. The number of aryl methyl sites for hydroxylation is 3. The average Bonchev–Trinajstić information content (AvgIpc) is 2.58. The van der Waals surface area contributed by atoms with Gasteiger partial charge in [-0.3, -0.25) is 0 Å². The second-order valence-electron chi connectivity index (χ2n) is 3.81. The molecule has 0 saturated carbocycles. The Morgan fingerprint density at radius 2 is 1.71 bits per heavy atom. The van der Waals surface area contributed by atoms with Gasteiger partial charge in [-0.2, -0.15) is 0 Å². The first-order valence-electron chi connectivity index (χ1n) is 5.33. The van der Waals surface area contributed by atoms with Crippen LogP contribution in [0.5, 0.6) is 0 Å². The Bertz CT molecular complexity index is 451. The lowest BCUT2D eigenvalue weighted by atomic mass is 10.0. The van der Waals surface area contributed by atoms with Gasteiger partial charge in [0.05, 0.1) is 0 Å². The van der Waals surface area contributed by atoms with Crippen LogP contribution in [0, 0.1) is 0 Å². The highest BCUT2D eigenvalue weighted by Gasteiger charge is 2.03. The molecule has 0 N–H and O–H groups in total. The van der Waals surface area contributed by atoms with Crippen molar-refractivity contribution in [1.29, 1.82) is 0 Å². The van der Waals surface area contributed by atoms with Crippen LogP contribution in [0.4, 0.5) is 0 Å². The van der Waals surface area contributed by atoms with Crippen molar-refractivity contribution < 1.29 is 0 Å². The van der Waals surface area contributed by atoms with Crippen LogP contribution in [0.3, 0.4) is 0 Å². The number of nitrogens with zero attached hydrogens (tertiary/aromatic N) is 1. The minimum atomic E-state index is 1.13. The van der Waals surface area contributed by atoms with Crippen LogP contribution < -0.4 is 0 Å². The summed E-state index contributed by atoms with van der Waals surface area (Å²) < 4.78 is 2.19. The molecule has 0 atom stereocenters. The fourth-order valence-electron chi connectivity index (χ4n) is 2.07. The largest absolute Gasteiger partial charge is 0.351 e. The van der Waals surface area contributed by atoms with Crippen LogP contribution in [-0.4, -0.2) is 4.57 Å². The number of rotatable bonds is 2. The molecule has 1 heterocycles. The van der Waals surface area contributed by atoms with E-state index in [-0.39, 0.29) is 0 Å². The predicted octanol–water partition coefficient (Wildman–Crippen LogP) is 3.30. The van der Waals surface area contributed by atoms with E-state index in [0.717, 1.165) is 12.8 Å². The molecule has 1 nitrogen and oxygen atoms in total. The molecule has 0 aliphatic heterocycles. The number of aromatic nitrogens is 1. The summed E-state index contributed by atoms with van der Waals surface area (Å²) in [6, 6.07) is 6.84. The lowest BCUT2D eigenvalue weighted by Crippen LogP contribution is -1.92. The van der Waals surface area contributed by atoms with Gasteiger partial charge >= 0.3 is 0 Å².